The van der Waals surface area contributed by atoms with E-state index in [1.54, 1.807) is 0 Å². The van der Waals surface area contributed by atoms with Crippen molar-refractivity contribution in [1.29, 1.82) is 5.41 Å². The van der Waals surface area contributed by atoms with Crippen LogP contribution in [0.5, 0.6) is 0 Å². The number of nitrogens with zero attached hydrogens (tertiary/aromatic N) is 3. The van der Waals surface area contributed by atoms with Crippen LogP contribution >= 0.6 is 0 Å². The van der Waals surface area contributed by atoms with E-state index in [0.717, 1.165) is 36.2 Å². The van der Waals surface area contributed by atoms with Gasteiger partial charge in [-0.2, -0.15) is 0 Å². The lowest BCUT2D eigenvalue weighted by atomic mass is 10.1. The van der Waals surface area contributed by atoms with Crippen LogP contribution in [0.3, 0.4) is 0 Å². The standard InChI is InChI=1S/C15H23N5/c1-10-7-11(15(16)17)8-14(18-10)20-6-5-12-3-4-13(9-20)19(12)2/h7-8,12-13H,3-6,9H2,1-2H3,(H3,16,17). The number of amidine groups is 1. The van der Waals surface area contributed by atoms with Crippen molar-refractivity contribution in [3.63, 3.8) is 0 Å². The van der Waals surface area contributed by atoms with Crippen LogP contribution in [0.4, 0.5) is 5.82 Å². The molecule has 3 rings (SSSR count). The Hall–Kier alpha value is -1.62. The number of nitrogens with two attached hydrogens (primary N) is 1. The Morgan fingerprint density at radius 3 is 2.80 bits per heavy atom. The van der Waals surface area contributed by atoms with Crippen molar-refractivity contribution in [3.05, 3.63) is 23.4 Å². The Balaban J connectivity index is 1.87. The summed E-state index contributed by atoms with van der Waals surface area (Å²) in [6, 6.07) is 5.18. The second-order valence-electron chi connectivity index (χ2n) is 6.05. The zero-order valence-corrected chi connectivity index (χ0v) is 12.3. The molecule has 2 saturated heterocycles. The molecule has 0 aromatic carbocycles. The lowest BCUT2D eigenvalue weighted by Gasteiger charge is -2.27. The van der Waals surface area contributed by atoms with Crippen molar-refractivity contribution in [3.8, 4) is 0 Å². The molecule has 3 heterocycles. The van der Waals surface area contributed by atoms with Crippen LogP contribution < -0.4 is 10.6 Å². The molecule has 0 aliphatic carbocycles. The van der Waals surface area contributed by atoms with E-state index in [1.165, 1.54) is 19.3 Å². The van der Waals surface area contributed by atoms with Gasteiger partial charge >= 0.3 is 0 Å². The molecular formula is C15H23N5. The van der Waals surface area contributed by atoms with Crippen molar-refractivity contribution in [2.45, 2.75) is 38.3 Å². The normalized spacial score (nSPS) is 26.6. The molecule has 2 aliphatic heterocycles. The van der Waals surface area contributed by atoms with Gasteiger partial charge in [-0.3, -0.25) is 10.3 Å². The third kappa shape index (κ3) is 2.38. The summed E-state index contributed by atoms with van der Waals surface area (Å²) >= 11 is 0. The fraction of sp³-hybridized carbons (Fsp3) is 0.600. The maximum atomic E-state index is 7.62. The number of aromatic nitrogens is 1. The summed E-state index contributed by atoms with van der Waals surface area (Å²) in [6.45, 7) is 4.03. The Morgan fingerprint density at radius 1 is 1.30 bits per heavy atom. The molecule has 0 radical (unpaired) electrons. The van der Waals surface area contributed by atoms with Crippen molar-refractivity contribution in [1.82, 2.24) is 9.88 Å². The minimum atomic E-state index is 0.116. The molecule has 5 nitrogen and oxygen atoms in total. The summed E-state index contributed by atoms with van der Waals surface area (Å²) < 4.78 is 0. The minimum absolute atomic E-state index is 0.116. The predicted molar refractivity (Wildman–Crippen MR) is 81.4 cm³/mol. The van der Waals surface area contributed by atoms with Gasteiger partial charge in [-0.15, -0.1) is 0 Å². The number of rotatable bonds is 2. The molecule has 3 N–H and O–H groups in total. The number of nitrogens with one attached hydrogen (secondary N) is 1. The quantitative estimate of drug-likeness (QED) is 0.630. The van der Waals surface area contributed by atoms with Crippen LogP contribution in [0, 0.1) is 12.3 Å². The first-order chi connectivity index (χ1) is 9.54. The number of hydrogen-bond acceptors (Lipinski definition) is 4. The lowest BCUT2D eigenvalue weighted by Crippen LogP contribution is -2.37. The van der Waals surface area contributed by atoms with E-state index in [9.17, 15) is 0 Å². The van der Waals surface area contributed by atoms with Gasteiger partial charge < -0.3 is 10.6 Å². The monoisotopic (exact) mass is 273 g/mol. The summed E-state index contributed by atoms with van der Waals surface area (Å²) in [4.78, 5) is 9.54. The number of likely N-dealkylation sites (N-methyl/N-ethyl adjacent to an activating group) is 1. The van der Waals surface area contributed by atoms with Gasteiger partial charge in [-0.1, -0.05) is 0 Å². The first kappa shape index (κ1) is 13.4. The van der Waals surface area contributed by atoms with Gasteiger partial charge in [0, 0.05) is 36.4 Å². The van der Waals surface area contributed by atoms with E-state index in [2.05, 4.69) is 21.8 Å². The maximum Gasteiger partial charge on any atom is 0.129 e. The molecule has 2 unspecified atom stereocenters. The van der Waals surface area contributed by atoms with Gasteiger partial charge in [0.05, 0.1) is 0 Å². The van der Waals surface area contributed by atoms with Crippen LogP contribution in [0.2, 0.25) is 0 Å². The van der Waals surface area contributed by atoms with E-state index in [0.29, 0.717) is 6.04 Å². The zero-order valence-electron chi connectivity index (χ0n) is 12.3. The third-order valence-electron chi connectivity index (χ3n) is 4.72. The van der Waals surface area contributed by atoms with Crippen molar-refractivity contribution < 1.29 is 0 Å². The van der Waals surface area contributed by atoms with Crippen molar-refractivity contribution >= 4 is 11.7 Å². The van der Waals surface area contributed by atoms with E-state index in [4.69, 9.17) is 11.1 Å². The molecule has 20 heavy (non-hydrogen) atoms. The van der Waals surface area contributed by atoms with Gasteiger partial charge in [0.25, 0.3) is 0 Å². The lowest BCUT2D eigenvalue weighted by molar-refractivity contribution is 0.254. The Kier molecular flexibility index (Phi) is 3.38. The molecular weight excluding hydrogens is 250 g/mol. The van der Waals surface area contributed by atoms with Crippen molar-refractivity contribution in [2.24, 2.45) is 5.73 Å². The van der Waals surface area contributed by atoms with Crippen LogP contribution in [-0.2, 0) is 0 Å². The highest BCUT2D eigenvalue weighted by atomic mass is 15.3. The number of anilines is 1. The Bertz CT molecular complexity index is 527. The van der Waals surface area contributed by atoms with Crippen molar-refractivity contribution in [2.75, 3.05) is 25.0 Å². The predicted octanol–water partition coefficient (Wildman–Crippen LogP) is 1.35. The van der Waals surface area contributed by atoms with E-state index >= 15 is 0 Å². The smallest absolute Gasteiger partial charge is 0.129 e. The summed E-state index contributed by atoms with van der Waals surface area (Å²) in [5.74, 6) is 1.08. The fourth-order valence-corrected chi connectivity index (χ4v) is 3.49. The van der Waals surface area contributed by atoms with Gasteiger partial charge in [-0.05, 0) is 45.4 Å². The summed E-state index contributed by atoms with van der Waals surface area (Å²) in [5.41, 5.74) is 7.32. The highest BCUT2D eigenvalue weighted by molar-refractivity contribution is 5.95. The van der Waals surface area contributed by atoms with E-state index in [1.807, 2.05) is 19.1 Å². The van der Waals surface area contributed by atoms with Crippen LogP contribution in [0.1, 0.15) is 30.5 Å². The van der Waals surface area contributed by atoms with Gasteiger partial charge in [0.1, 0.15) is 11.7 Å². The Morgan fingerprint density at radius 2 is 2.05 bits per heavy atom. The fourth-order valence-electron chi connectivity index (χ4n) is 3.49. The van der Waals surface area contributed by atoms with Gasteiger partial charge in [0.2, 0.25) is 0 Å². The van der Waals surface area contributed by atoms with Gasteiger partial charge in [0.15, 0.2) is 0 Å². The number of aryl methyl sites for hydroxylation is 1. The number of hydrogen-bond donors (Lipinski definition) is 2. The van der Waals surface area contributed by atoms with E-state index < -0.39 is 0 Å². The summed E-state index contributed by atoms with van der Waals surface area (Å²) in [6.07, 6.45) is 3.80. The zero-order chi connectivity index (χ0) is 14.3. The molecule has 5 heteroatoms. The maximum absolute atomic E-state index is 7.62. The summed E-state index contributed by atoms with van der Waals surface area (Å²) in [5, 5.41) is 7.62. The molecule has 2 fully saturated rings. The molecule has 2 atom stereocenters. The largest absolute Gasteiger partial charge is 0.384 e. The molecule has 0 spiro atoms. The summed E-state index contributed by atoms with van der Waals surface area (Å²) in [7, 11) is 2.25. The van der Waals surface area contributed by atoms with Crippen LogP contribution in [-0.4, -0.2) is 47.9 Å². The number of fused-ring (bicyclic) bond motifs is 2. The molecule has 1 aromatic rings. The SMILES string of the molecule is Cc1cc(C(=N)N)cc(N2CCC3CCC(C2)N3C)n1. The minimum Gasteiger partial charge on any atom is -0.384 e. The topological polar surface area (TPSA) is 69.2 Å². The van der Waals surface area contributed by atoms with E-state index in [-0.39, 0.29) is 5.84 Å². The number of pyridine rings is 1. The first-order valence-electron chi connectivity index (χ1n) is 7.34. The average Bonchev–Trinajstić information content (AvgIpc) is 2.62. The van der Waals surface area contributed by atoms with Crippen LogP contribution in [0.25, 0.3) is 0 Å². The second-order valence-corrected chi connectivity index (χ2v) is 6.05. The second kappa shape index (κ2) is 5.05. The average molecular weight is 273 g/mol. The molecule has 2 aliphatic rings. The molecule has 2 bridgehead atoms. The third-order valence-corrected chi connectivity index (χ3v) is 4.72. The Labute approximate surface area is 120 Å². The molecule has 1 aromatic heterocycles. The molecule has 0 amide bonds. The highest BCUT2D eigenvalue weighted by Gasteiger charge is 2.35. The molecule has 0 saturated carbocycles. The molecule has 108 valence electrons. The first-order valence-corrected chi connectivity index (χ1v) is 7.34. The van der Waals surface area contributed by atoms with Crippen LogP contribution in [0.15, 0.2) is 12.1 Å². The highest BCUT2D eigenvalue weighted by Crippen LogP contribution is 2.30. The van der Waals surface area contributed by atoms with Gasteiger partial charge in [-0.25, -0.2) is 4.98 Å². The number of nitrogen functional groups attached to an aromatic ring is 1.